The predicted octanol–water partition coefficient (Wildman–Crippen LogP) is 1.71. The van der Waals surface area contributed by atoms with Crippen LogP contribution in [0.5, 0.6) is 0 Å². The lowest BCUT2D eigenvalue weighted by Gasteiger charge is -1.97. The zero-order chi connectivity index (χ0) is 11.4. The maximum absolute atomic E-state index is 10.7. The quantitative estimate of drug-likeness (QED) is 0.818. The second-order valence-corrected chi connectivity index (χ2v) is 3.48. The van der Waals surface area contributed by atoms with Gasteiger partial charge in [-0.15, -0.1) is 0 Å². The summed E-state index contributed by atoms with van der Waals surface area (Å²) in [6.07, 6.45) is 7.52. The molecule has 0 aliphatic rings. The SMILES string of the molecule is CC(=O)NCC=Cc1ccnc2[nH]ccc12. The third kappa shape index (κ3) is 2.28. The Balaban J connectivity index is 2.14. The summed E-state index contributed by atoms with van der Waals surface area (Å²) in [6, 6.07) is 3.93. The average molecular weight is 215 g/mol. The highest BCUT2D eigenvalue weighted by Gasteiger charge is 1.98. The Hall–Kier alpha value is -2.10. The molecule has 2 aromatic heterocycles. The van der Waals surface area contributed by atoms with Crippen LogP contribution in [-0.4, -0.2) is 22.4 Å². The largest absolute Gasteiger partial charge is 0.353 e. The second kappa shape index (κ2) is 4.61. The molecule has 4 heteroatoms. The topological polar surface area (TPSA) is 57.8 Å². The lowest BCUT2D eigenvalue weighted by Crippen LogP contribution is -2.19. The summed E-state index contributed by atoms with van der Waals surface area (Å²) in [5.41, 5.74) is 1.97. The Morgan fingerprint density at radius 1 is 1.56 bits per heavy atom. The van der Waals surface area contributed by atoms with E-state index < -0.39 is 0 Å². The number of fused-ring (bicyclic) bond motifs is 1. The fourth-order valence-corrected chi connectivity index (χ4v) is 1.52. The van der Waals surface area contributed by atoms with Gasteiger partial charge < -0.3 is 10.3 Å². The van der Waals surface area contributed by atoms with Crippen LogP contribution in [0.1, 0.15) is 12.5 Å². The molecule has 0 unspecified atom stereocenters. The molecule has 1 amide bonds. The van der Waals surface area contributed by atoms with Crippen LogP contribution in [0, 0.1) is 0 Å². The molecular formula is C12H13N3O. The van der Waals surface area contributed by atoms with E-state index in [1.807, 2.05) is 30.5 Å². The highest BCUT2D eigenvalue weighted by molar-refractivity contribution is 5.85. The van der Waals surface area contributed by atoms with E-state index in [1.54, 1.807) is 6.20 Å². The second-order valence-electron chi connectivity index (χ2n) is 3.48. The van der Waals surface area contributed by atoms with Crippen molar-refractivity contribution in [3.8, 4) is 0 Å². The van der Waals surface area contributed by atoms with E-state index in [2.05, 4.69) is 15.3 Å². The van der Waals surface area contributed by atoms with Gasteiger partial charge in [0.1, 0.15) is 5.65 Å². The standard InChI is InChI=1S/C12H13N3O/c1-9(16)13-6-2-3-10-4-7-14-12-11(10)5-8-15-12/h2-5,7-8H,6H2,1H3,(H,13,16)(H,14,15). The molecule has 2 heterocycles. The summed E-state index contributed by atoms with van der Waals surface area (Å²) in [5, 5.41) is 3.79. The molecule has 82 valence electrons. The first kappa shape index (κ1) is 10.4. The number of aromatic nitrogens is 2. The Bertz CT molecular complexity index is 528. The van der Waals surface area contributed by atoms with Crippen LogP contribution < -0.4 is 5.32 Å². The van der Waals surface area contributed by atoms with Crippen molar-refractivity contribution >= 4 is 23.0 Å². The van der Waals surface area contributed by atoms with Gasteiger partial charge in [0.2, 0.25) is 5.91 Å². The maximum Gasteiger partial charge on any atom is 0.217 e. The Morgan fingerprint density at radius 2 is 2.44 bits per heavy atom. The van der Waals surface area contributed by atoms with E-state index in [0.29, 0.717) is 6.54 Å². The first-order valence-electron chi connectivity index (χ1n) is 5.10. The molecule has 0 spiro atoms. The zero-order valence-corrected chi connectivity index (χ0v) is 9.03. The summed E-state index contributed by atoms with van der Waals surface area (Å²) < 4.78 is 0. The summed E-state index contributed by atoms with van der Waals surface area (Å²) in [5.74, 6) is -0.0221. The molecule has 0 fully saturated rings. The van der Waals surface area contributed by atoms with Crippen molar-refractivity contribution in [3.63, 3.8) is 0 Å². The van der Waals surface area contributed by atoms with E-state index in [-0.39, 0.29) is 5.91 Å². The van der Waals surface area contributed by atoms with Crippen molar-refractivity contribution in [1.29, 1.82) is 0 Å². The first-order chi connectivity index (χ1) is 7.77. The molecule has 2 N–H and O–H groups in total. The third-order valence-electron chi connectivity index (χ3n) is 2.26. The third-order valence-corrected chi connectivity index (χ3v) is 2.26. The lowest BCUT2D eigenvalue weighted by atomic mass is 10.2. The number of hydrogen-bond donors (Lipinski definition) is 2. The lowest BCUT2D eigenvalue weighted by molar-refractivity contribution is -0.118. The van der Waals surface area contributed by atoms with Crippen molar-refractivity contribution < 1.29 is 4.79 Å². The van der Waals surface area contributed by atoms with Crippen molar-refractivity contribution in [1.82, 2.24) is 15.3 Å². The van der Waals surface area contributed by atoms with Crippen LogP contribution in [0.2, 0.25) is 0 Å². The highest BCUT2D eigenvalue weighted by Crippen LogP contribution is 2.15. The molecule has 2 rings (SSSR count). The Labute approximate surface area is 93.4 Å². The van der Waals surface area contributed by atoms with Crippen LogP contribution in [-0.2, 0) is 4.79 Å². The van der Waals surface area contributed by atoms with E-state index in [0.717, 1.165) is 16.6 Å². The molecule has 0 bridgehead atoms. The van der Waals surface area contributed by atoms with E-state index in [4.69, 9.17) is 0 Å². The van der Waals surface area contributed by atoms with Gasteiger partial charge >= 0.3 is 0 Å². The number of aromatic amines is 1. The van der Waals surface area contributed by atoms with E-state index in [1.165, 1.54) is 6.92 Å². The van der Waals surface area contributed by atoms with Gasteiger partial charge in [-0.05, 0) is 17.7 Å². The molecule has 0 aliphatic carbocycles. The number of nitrogens with zero attached hydrogens (tertiary/aromatic N) is 1. The number of hydrogen-bond acceptors (Lipinski definition) is 2. The molecule has 0 aliphatic heterocycles. The summed E-state index contributed by atoms with van der Waals surface area (Å²) in [6.45, 7) is 2.05. The van der Waals surface area contributed by atoms with Crippen molar-refractivity contribution in [3.05, 3.63) is 36.2 Å². The number of carbonyl (C=O) groups excluding carboxylic acids is 1. The fourth-order valence-electron chi connectivity index (χ4n) is 1.52. The smallest absolute Gasteiger partial charge is 0.217 e. The minimum Gasteiger partial charge on any atom is -0.353 e. The van der Waals surface area contributed by atoms with Crippen LogP contribution in [0.25, 0.3) is 17.1 Å². The number of nitrogens with one attached hydrogen (secondary N) is 2. The summed E-state index contributed by atoms with van der Waals surface area (Å²) in [7, 11) is 0. The average Bonchev–Trinajstić information content (AvgIpc) is 2.72. The van der Waals surface area contributed by atoms with Crippen LogP contribution in [0.15, 0.2) is 30.6 Å². The van der Waals surface area contributed by atoms with Gasteiger partial charge in [-0.25, -0.2) is 4.98 Å². The molecule has 0 saturated carbocycles. The van der Waals surface area contributed by atoms with Crippen molar-refractivity contribution in [2.45, 2.75) is 6.92 Å². The molecule has 0 radical (unpaired) electrons. The maximum atomic E-state index is 10.7. The molecule has 0 atom stereocenters. The van der Waals surface area contributed by atoms with Crippen molar-refractivity contribution in [2.24, 2.45) is 0 Å². The van der Waals surface area contributed by atoms with E-state index >= 15 is 0 Å². The van der Waals surface area contributed by atoms with Gasteiger partial charge in [0.15, 0.2) is 0 Å². The first-order valence-corrected chi connectivity index (χ1v) is 5.10. The fraction of sp³-hybridized carbons (Fsp3) is 0.167. The highest BCUT2D eigenvalue weighted by atomic mass is 16.1. The molecule has 4 nitrogen and oxygen atoms in total. The summed E-state index contributed by atoms with van der Waals surface area (Å²) in [4.78, 5) is 17.9. The number of pyridine rings is 1. The van der Waals surface area contributed by atoms with Crippen LogP contribution >= 0.6 is 0 Å². The normalized spacial score (nSPS) is 11.1. The molecular weight excluding hydrogens is 202 g/mol. The minimum absolute atomic E-state index is 0.0221. The van der Waals surface area contributed by atoms with Gasteiger partial charge in [-0.3, -0.25) is 4.79 Å². The zero-order valence-electron chi connectivity index (χ0n) is 9.03. The number of amides is 1. The van der Waals surface area contributed by atoms with Gasteiger partial charge in [0, 0.05) is 31.2 Å². The van der Waals surface area contributed by atoms with Gasteiger partial charge in [-0.2, -0.15) is 0 Å². The van der Waals surface area contributed by atoms with Gasteiger partial charge in [0.05, 0.1) is 0 Å². The minimum atomic E-state index is -0.0221. The monoisotopic (exact) mass is 215 g/mol. The van der Waals surface area contributed by atoms with E-state index in [9.17, 15) is 4.79 Å². The number of rotatable bonds is 3. The molecule has 2 aromatic rings. The van der Waals surface area contributed by atoms with Crippen molar-refractivity contribution in [2.75, 3.05) is 6.54 Å². The number of H-pyrrole nitrogens is 1. The van der Waals surface area contributed by atoms with Gasteiger partial charge in [-0.1, -0.05) is 12.2 Å². The predicted molar refractivity (Wildman–Crippen MR) is 63.8 cm³/mol. The summed E-state index contributed by atoms with van der Waals surface area (Å²) >= 11 is 0. The molecule has 16 heavy (non-hydrogen) atoms. The molecule has 0 saturated heterocycles. The Kier molecular flexibility index (Phi) is 3.00. The number of carbonyl (C=O) groups is 1. The van der Waals surface area contributed by atoms with Crippen LogP contribution in [0.4, 0.5) is 0 Å². The van der Waals surface area contributed by atoms with Gasteiger partial charge in [0.25, 0.3) is 0 Å². The van der Waals surface area contributed by atoms with Crippen LogP contribution in [0.3, 0.4) is 0 Å². The molecule has 0 aromatic carbocycles. The Morgan fingerprint density at radius 3 is 3.25 bits per heavy atom.